The minimum absolute atomic E-state index is 0.0889. The molecule has 20 heavy (non-hydrogen) atoms. The lowest BCUT2D eigenvalue weighted by Gasteiger charge is -2.06. The van der Waals surface area contributed by atoms with Gasteiger partial charge in [-0.2, -0.15) is 0 Å². The first-order chi connectivity index (χ1) is 9.70. The molecule has 0 spiro atoms. The monoisotopic (exact) mass is 284 g/mol. The van der Waals surface area contributed by atoms with E-state index in [1.165, 1.54) is 25.7 Å². The van der Waals surface area contributed by atoms with Gasteiger partial charge in [0.2, 0.25) is 0 Å². The fourth-order valence-electron chi connectivity index (χ4n) is 2.03. The number of nitrogens with one attached hydrogen (secondary N) is 1. The molecular formula is C16H32N2O2. The Hall–Kier alpha value is -0.900. The summed E-state index contributed by atoms with van der Waals surface area (Å²) in [5, 5.41) is 7.67. The molecule has 0 heterocycles. The predicted octanol–water partition coefficient (Wildman–Crippen LogP) is 3.82. The van der Waals surface area contributed by atoms with Crippen molar-refractivity contribution in [2.75, 3.05) is 13.2 Å². The van der Waals surface area contributed by atoms with Crippen molar-refractivity contribution >= 4 is 11.7 Å². The molecule has 0 fully saturated rings. The van der Waals surface area contributed by atoms with Crippen molar-refractivity contribution in [3.05, 3.63) is 0 Å². The van der Waals surface area contributed by atoms with Crippen molar-refractivity contribution in [3.8, 4) is 0 Å². The van der Waals surface area contributed by atoms with Crippen molar-refractivity contribution in [3.63, 3.8) is 0 Å². The van der Waals surface area contributed by atoms with Crippen LogP contribution in [0.5, 0.6) is 0 Å². The molecule has 4 nitrogen and oxygen atoms in total. The number of ether oxygens (including phenoxy) is 1. The summed E-state index contributed by atoms with van der Waals surface area (Å²) < 4.78 is 5.16. The molecule has 0 aromatic carbocycles. The first-order valence-corrected chi connectivity index (χ1v) is 8.12. The number of unbranched alkanes of at least 4 members (excludes halogenated alkanes) is 5. The lowest BCUT2D eigenvalue weighted by molar-refractivity contribution is -0.143. The Kier molecular flexibility index (Phi) is 13.9. The molecular weight excluding hydrogens is 252 g/mol. The average molecular weight is 284 g/mol. The van der Waals surface area contributed by atoms with Gasteiger partial charge in [-0.3, -0.25) is 4.79 Å². The van der Waals surface area contributed by atoms with Crippen molar-refractivity contribution in [1.82, 2.24) is 0 Å². The van der Waals surface area contributed by atoms with E-state index in [9.17, 15) is 4.79 Å². The zero-order chi connectivity index (χ0) is 15.1. The zero-order valence-electron chi connectivity index (χ0n) is 13.1. The van der Waals surface area contributed by atoms with Crippen LogP contribution in [0.3, 0.4) is 0 Å². The van der Waals surface area contributed by atoms with E-state index in [0.717, 1.165) is 32.1 Å². The quantitative estimate of drug-likeness (QED) is 0.289. The van der Waals surface area contributed by atoms with Crippen LogP contribution in [0, 0.1) is 5.41 Å². The van der Waals surface area contributed by atoms with Crippen LogP contribution in [0.4, 0.5) is 0 Å². The van der Waals surface area contributed by atoms with Crippen LogP contribution in [0.2, 0.25) is 0 Å². The molecule has 4 heteroatoms. The first kappa shape index (κ1) is 19.1. The van der Waals surface area contributed by atoms with Crippen LogP contribution < -0.4 is 5.73 Å². The van der Waals surface area contributed by atoms with Crippen molar-refractivity contribution in [2.24, 2.45) is 5.73 Å². The highest BCUT2D eigenvalue weighted by molar-refractivity contribution is 5.81. The van der Waals surface area contributed by atoms with Crippen LogP contribution in [0.15, 0.2) is 0 Å². The molecule has 0 aliphatic rings. The average Bonchev–Trinajstić information content (AvgIpc) is 2.45. The first-order valence-electron chi connectivity index (χ1n) is 8.12. The van der Waals surface area contributed by atoms with Crippen LogP contribution in [0.25, 0.3) is 0 Å². The molecule has 0 aromatic rings. The van der Waals surface area contributed by atoms with Gasteiger partial charge in [0.15, 0.2) is 0 Å². The van der Waals surface area contributed by atoms with E-state index in [2.05, 4.69) is 6.92 Å². The normalized spacial score (nSPS) is 10.5. The Balaban J connectivity index is 3.30. The maximum Gasteiger partial charge on any atom is 0.305 e. The number of rotatable bonds is 14. The number of nitrogens with two attached hydrogens (primary N) is 1. The van der Waals surface area contributed by atoms with Gasteiger partial charge in [0.05, 0.1) is 6.61 Å². The summed E-state index contributed by atoms with van der Waals surface area (Å²) in [5.41, 5.74) is 6.10. The Morgan fingerprint density at radius 1 is 0.950 bits per heavy atom. The van der Waals surface area contributed by atoms with E-state index in [1.54, 1.807) is 0 Å². The summed E-state index contributed by atoms with van der Waals surface area (Å²) in [7, 11) is 0. The summed E-state index contributed by atoms with van der Waals surface area (Å²) in [4.78, 5) is 11.5. The molecule has 0 unspecified atom stereocenters. The summed E-state index contributed by atoms with van der Waals surface area (Å²) in [5.74, 6) is -0.0889. The lowest BCUT2D eigenvalue weighted by Crippen LogP contribution is -2.08. The van der Waals surface area contributed by atoms with Gasteiger partial charge in [0.1, 0.15) is 0 Å². The predicted molar refractivity (Wildman–Crippen MR) is 84.2 cm³/mol. The Morgan fingerprint density at radius 3 is 2.30 bits per heavy atom. The Bertz CT molecular complexity index is 255. The fourth-order valence-corrected chi connectivity index (χ4v) is 2.03. The molecule has 0 radical (unpaired) electrons. The molecule has 118 valence electrons. The topological polar surface area (TPSA) is 76.2 Å². The van der Waals surface area contributed by atoms with Crippen LogP contribution >= 0.6 is 0 Å². The standard InChI is InChI=1S/C16H32N2O2/c1-2-3-4-5-6-7-12-16(19)20-14-9-11-15(18)10-8-13-17/h18H,2-14,17H2,1H3. The van der Waals surface area contributed by atoms with Gasteiger partial charge in [0, 0.05) is 12.1 Å². The molecule has 0 aliphatic heterocycles. The smallest absolute Gasteiger partial charge is 0.305 e. The summed E-state index contributed by atoms with van der Waals surface area (Å²) >= 11 is 0. The van der Waals surface area contributed by atoms with Crippen LogP contribution in [0.1, 0.15) is 77.6 Å². The van der Waals surface area contributed by atoms with E-state index in [0.29, 0.717) is 31.7 Å². The molecule has 0 saturated heterocycles. The lowest BCUT2D eigenvalue weighted by atomic mass is 10.1. The Labute approximate surface area is 124 Å². The molecule has 0 rings (SSSR count). The van der Waals surface area contributed by atoms with E-state index in [4.69, 9.17) is 15.9 Å². The number of esters is 1. The van der Waals surface area contributed by atoms with Gasteiger partial charge in [-0.25, -0.2) is 0 Å². The van der Waals surface area contributed by atoms with Gasteiger partial charge < -0.3 is 15.9 Å². The molecule has 0 amide bonds. The minimum Gasteiger partial charge on any atom is -0.466 e. The molecule has 0 atom stereocenters. The largest absolute Gasteiger partial charge is 0.466 e. The highest BCUT2D eigenvalue weighted by Gasteiger charge is 2.03. The van der Waals surface area contributed by atoms with E-state index in [1.807, 2.05) is 0 Å². The molecule has 0 aliphatic carbocycles. The number of hydrogen-bond donors (Lipinski definition) is 2. The van der Waals surface area contributed by atoms with E-state index < -0.39 is 0 Å². The summed E-state index contributed by atoms with van der Waals surface area (Å²) in [6, 6.07) is 0. The minimum atomic E-state index is -0.0889. The SMILES string of the molecule is CCCCCCCCC(=O)OCCCC(=N)CCCN. The molecule has 0 aromatic heterocycles. The zero-order valence-corrected chi connectivity index (χ0v) is 13.1. The highest BCUT2D eigenvalue weighted by atomic mass is 16.5. The van der Waals surface area contributed by atoms with E-state index in [-0.39, 0.29) is 5.97 Å². The van der Waals surface area contributed by atoms with Crippen molar-refractivity contribution < 1.29 is 9.53 Å². The molecule has 0 saturated carbocycles. The number of hydrogen-bond acceptors (Lipinski definition) is 4. The van der Waals surface area contributed by atoms with Gasteiger partial charge >= 0.3 is 5.97 Å². The van der Waals surface area contributed by atoms with Gasteiger partial charge in [-0.15, -0.1) is 0 Å². The third-order valence-electron chi connectivity index (χ3n) is 3.30. The van der Waals surface area contributed by atoms with Gasteiger partial charge in [-0.05, 0) is 38.6 Å². The second-order valence-corrected chi connectivity index (χ2v) is 5.34. The van der Waals surface area contributed by atoms with Crippen molar-refractivity contribution in [2.45, 2.75) is 77.6 Å². The third-order valence-corrected chi connectivity index (χ3v) is 3.30. The second kappa shape index (κ2) is 14.5. The maximum absolute atomic E-state index is 11.5. The Morgan fingerprint density at radius 2 is 1.60 bits per heavy atom. The summed E-state index contributed by atoms with van der Waals surface area (Å²) in [6.07, 6.45) is 10.7. The molecule has 0 bridgehead atoms. The van der Waals surface area contributed by atoms with Gasteiger partial charge in [0.25, 0.3) is 0 Å². The number of carbonyl (C=O) groups excluding carboxylic acids is 1. The van der Waals surface area contributed by atoms with E-state index >= 15 is 0 Å². The third kappa shape index (κ3) is 13.5. The molecule has 3 N–H and O–H groups in total. The summed E-state index contributed by atoms with van der Waals surface area (Å²) in [6.45, 7) is 3.28. The number of carbonyl (C=O) groups is 1. The highest BCUT2D eigenvalue weighted by Crippen LogP contribution is 2.07. The second-order valence-electron chi connectivity index (χ2n) is 5.34. The van der Waals surface area contributed by atoms with Crippen LogP contribution in [-0.4, -0.2) is 24.8 Å². The fraction of sp³-hybridized carbons (Fsp3) is 0.875. The maximum atomic E-state index is 11.5. The van der Waals surface area contributed by atoms with Gasteiger partial charge in [-0.1, -0.05) is 39.0 Å². The van der Waals surface area contributed by atoms with Crippen molar-refractivity contribution in [1.29, 1.82) is 5.41 Å². The van der Waals surface area contributed by atoms with Crippen LogP contribution in [-0.2, 0) is 9.53 Å².